The zero-order chi connectivity index (χ0) is 14.6. The molecule has 0 aromatic heterocycles. The van der Waals surface area contributed by atoms with Gasteiger partial charge in [0.15, 0.2) is 0 Å². The summed E-state index contributed by atoms with van der Waals surface area (Å²) in [5, 5.41) is 0. The molecule has 1 aromatic rings. The van der Waals surface area contributed by atoms with Crippen LogP contribution in [0.4, 0.5) is 0 Å². The molecule has 1 fully saturated rings. The first-order chi connectivity index (χ1) is 9.51. The van der Waals surface area contributed by atoms with Crippen LogP contribution >= 0.6 is 0 Å². The first kappa shape index (κ1) is 15.2. The molecule has 2 rings (SSSR count). The van der Waals surface area contributed by atoms with Gasteiger partial charge in [-0.1, -0.05) is 17.7 Å². The summed E-state index contributed by atoms with van der Waals surface area (Å²) in [6, 6.07) is 6.64. The minimum Gasteiger partial charge on any atom is -0.303 e. The van der Waals surface area contributed by atoms with Crippen LogP contribution in [-0.4, -0.2) is 21.3 Å². The van der Waals surface area contributed by atoms with E-state index in [0.29, 0.717) is 0 Å². The van der Waals surface area contributed by atoms with E-state index in [4.69, 9.17) is 4.18 Å². The summed E-state index contributed by atoms with van der Waals surface area (Å²) >= 11 is 0. The highest BCUT2D eigenvalue weighted by molar-refractivity contribution is 7.86. The van der Waals surface area contributed by atoms with Gasteiger partial charge in [-0.15, -0.1) is 0 Å². The average Bonchev–Trinajstić information content (AvgIpc) is 2.46. The largest absolute Gasteiger partial charge is 0.303 e. The molecule has 1 aromatic carbocycles. The normalized spacial score (nSPS) is 23.4. The van der Waals surface area contributed by atoms with Gasteiger partial charge in [0, 0.05) is 5.92 Å². The quantitative estimate of drug-likeness (QED) is 0.619. The summed E-state index contributed by atoms with van der Waals surface area (Å²) in [5.74, 6) is 0.367. The Balaban J connectivity index is 1.90. The number of hydrogen-bond donors (Lipinski definition) is 0. The highest BCUT2D eigenvalue weighted by atomic mass is 32.2. The molecule has 4 nitrogen and oxygen atoms in total. The molecule has 1 aliphatic rings. The molecule has 0 bridgehead atoms. The summed E-state index contributed by atoms with van der Waals surface area (Å²) in [7, 11) is -3.67. The predicted octanol–water partition coefficient (Wildman–Crippen LogP) is 2.71. The van der Waals surface area contributed by atoms with Crippen LogP contribution in [0, 0.1) is 18.8 Å². The number of aryl methyl sites for hydroxylation is 1. The van der Waals surface area contributed by atoms with Gasteiger partial charge >= 0.3 is 0 Å². The van der Waals surface area contributed by atoms with Gasteiger partial charge in [0.05, 0.1) is 11.5 Å². The lowest BCUT2D eigenvalue weighted by Gasteiger charge is -2.24. The van der Waals surface area contributed by atoms with Crippen LogP contribution in [0.3, 0.4) is 0 Å². The van der Waals surface area contributed by atoms with Crippen LogP contribution < -0.4 is 0 Å². The van der Waals surface area contributed by atoms with E-state index < -0.39 is 10.1 Å². The smallest absolute Gasteiger partial charge is 0.296 e. The lowest BCUT2D eigenvalue weighted by atomic mass is 9.83. The first-order valence-corrected chi connectivity index (χ1v) is 8.33. The number of rotatable bonds is 5. The molecule has 0 heterocycles. The Bertz CT molecular complexity index is 540. The van der Waals surface area contributed by atoms with Gasteiger partial charge in [0.1, 0.15) is 6.29 Å². The minimum atomic E-state index is -3.67. The van der Waals surface area contributed by atoms with E-state index in [1.807, 2.05) is 6.92 Å². The average molecular weight is 296 g/mol. The topological polar surface area (TPSA) is 60.4 Å². The van der Waals surface area contributed by atoms with Crippen molar-refractivity contribution in [2.45, 2.75) is 37.5 Å². The standard InChI is InChI=1S/C15H20O4S/c1-12-2-8-15(9-3-12)20(17,18)19-11-14-6-4-13(10-16)5-7-14/h2-3,8-10,13-14H,4-7,11H2,1H3. The Hall–Kier alpha value is -1.20. The van der Waals surface area contributed by atoms with Crippen LogP contribution in [0.15, 0.2) is 29.2 Å². The molecule has 0 N–H and O–H groups in total. The molecule has 0 atom stereocenters. The lowest BCUT2D eigenvalue weighted by Crippen LogP contribution is -2.21. The fourth-order valence-corrected chi connectivity index (χ4v) is 3.43. The number of hydrogen-bond acceptors (Lipinski definition) is 4. The molecule has 0 spiro atoms. The summed E-state index contributed by atoms with van der Waals surface area (Å²) in [6.07, 6.45) is 4.38. The number of carbonyl (C=O) groups is 1. The Morgan fingerprint density at radius 3 is 2.30 bits per heavy atom. The first-order valence-electron chi connectivity index (χ1n) is 6.92. The second-order valence-electron chi connectivity index (χ2n) is 5.47. The van der Waals surface area contributed by atoms with Crippen molar-refractivity contribution in [3.63, 3.8) is 0 Å². The molecule has 0 unspecified atom stereocenters. The molecule has 0 aliphatic heterocycles. The highest BCUT2D eigenvalue weighted by Gasteiger charge is 2.23. The maximum absolute atomic E-state index is 12.0. The van der Waals surface area contributed by atoms with Crippen molar-refractivity contribution in [1.29, 1.82) is 0 Å². The molecular formula is C15H20O4S. The summed E-state index contributed by atoms with van der Waals surface area (Å²) in [4.78, 5) is 10.9. The van der Waals surface area contributed by atoms with Gasteiger partial charge in [-0.25, -0.2) is 0 Å². The number of carbonyl (C=O) groups excluding carboxylic acids is 1. The Kier molecular flexibility index (Phi) is 4.94. The van der Waals surface area contributed by atoms with E-state index >= 15 is 0 Å². The number of aldehydes is 1. The van der Waals surface area contributed by atoms with Gasteiger partial charge in [0.2, 0.25) is 0 Å². The highest BCUT2D eigenvalue weighted by Crippen LogP contribution is 2.28. The fraction of sp³-hybridized carbons (Fsp3) is 0.533. The molecule has 1 saturated carbocycles. The SMILES string of the molecule is Cc1ccc(S(=O)(=O)OCC2CCC(C=O)CC2)cc1. The van der Waals surface area contributed by atoms with Crippen molar-refractivity contribution < 1.29 is 17.4 Å². The summed E-state index contributed by atoms with van der Waals surface area (Å²) in [5.41, 5.74) is 1.01. The van der Waals surface area contributed by atoms with Crippen molar-refractivity contribution >= 4 is 16.4 Å². The van der Waals surface area contributed by atoms with Crippen molar-refractivity contribution in [2.75, 3.05) is 6.61 Å². The molecule has 0 amide bonds. The van der Waals surface area contributed by atoms with Crippen LogP contribution in [-0.2, 0) is 19.1 Å². The van der Waals surface area contributed by atoms with E-state index in [1.54, 1.807) is 24.3 Å². The Morgan fingerprint density at radius 1 is 1.15 bits per heavy atom. The second kappa shape index (κ2) is 6.50. The van der Waals surface area contributed by atoms with Crippen molar-refractivity contribution in [3.05, 3.63) is 29.8 Å². The van der Waals surface area contributed by atoms with Gasteiger partial charge < -0.3 is 4.79 Å². The van der Waals surface area contributed by atoms with Gasteiger partial charge in [-0.3, -0.25) is 4.18 Å². The van der Waals surface area contributed by atoms with Crippen molar-refractivity contribution in [2.24, 2.45) is 11.8 Å². The molecular weight excluding hydrogens is 276 g/mol. The van der Waals surface area contributed by atoms with E-state index in [-0.39, 0.29) is 23.3 Å². The zero-order valence-corrected chi connectivity index (χ0v) is 12.4. The van der Waals surface area contributed by atoms with E-state index in [2.05, 4.69) is 0 Å². The van der Waals surface area contributed by atoms with E-state index in [1.165, 1.54) is 0 Å². The maximum Gasteiger partial charge on any atom is 0.296 e. The van der Waals surface area contributed by atoms with E-state index in [0.717, 1.165) is 37.5 Å². The van der Waals surface area contributed by atoms with Crippen LogP contribution in [0.25, 0.3) is 0 Å². The van der Waals surface area contributed by atoms with Crippen LogP contribution in [0.1, 0.15) is 31.2 Å². The molecule has 110 valence electrons. The van der Waals surface area contributed by atoms with E-state index in [9.17, 15) is 13.2 Å². The molecule has 5 heteroatoms. The Morgan fingerprint density at radius 2 is 1.75 bits per heavy atom. The molecule has 1 aliphatic carbocycles. The third-order valence-corrected chi connectivity index (χ3v) is 5.15. The predicted molar refractivity (Wildman–Crippen MR) is 75.8 cm³/mol. The third kappa shape index (κ3) is 3.90. The monoisotopic (exact) mass is 296 g/mol. The van der Waals surface area contributed by atoms with Crippen LogP contribution in [0.5, 0.6) is 0 Å². The fourth-order valence-electron chi connectivity index (χ4n) is 2.45. The van der Waals surface area contributed by atoms with Crippen molar-refractivity contribution in [1.82, 2.24) is 0 Å². The van der Waals surface area contributed by atoms with Gasteiger partial charge in [-0.2, -0.15) is 8.42 Å². The minimum absolute atomic E-state index is 0.139. The molecule has 20 heavy (non-hydrogen) atoms. The number of benzene rings is 1. The van der Waals surface area contributed by atoms with Gasteiger partial charge in [-0.05, 0) is 50.7 Å². The molecule has 0 saturated heterocycles. The zero-order valence-electron chi connectivity index (χ0n) is 11.6. The van der Waals surface area contributed by atoms with Crippen LogP contribution in [0.2, 0.25) is 0 Å². The lowest BCUT2D eigenvalue weighted by molar-refractivity contribution is -0.112. The molecule has 0 radical (unpaired) electrons. The third-order valence-electron chi connectivity index (χ3n) is 3.85. The summed E-state index contributed by atoms with van der Waals surface area (Å²) < 4.78 is 29.2. The summed E-state index contributed by atoms with van der Waals surface area (Å²) in [6.45, 7) is 2.12. The van der Waals surface area contributed by atoms with Gasteiger partial charge in [0.25, 0.3) is 10.1 Å². The second-order valence-corrected chi connectivity index (χ2v) is 7.08. The Labute approximate surface area is 120 Å². The van der Waals surface area contributed by atoms with Crippen molar-refractivity contribution in [3.8, 4) is 0 Å². The maximum atomic E-state index is 12.0.